The highest BCUT2D eigenvalue weighted by Crippen LogP contribution is 2.41. The quantitative estimate of drug-likeness (QED) is 0.250. The average molecular weight is 546 g/mol. The number of aryl methyl sites for hydroxylation is 1. The molecule has 0 saturated heterocycles. The van der Waals surface area contributed by atoms with Gasteiger partial charge in [0.2, 0.25) is 0 Å². The van der Waals surface area contributed by atoms with Crippen molar-refractivity contribution in [2.45, 2.75) is 31.0 Å². The van der Waals surface area contributed by atoms with Crippen LogP contribution in [0.15, 0.2) is 65.6 Å². The molecular weight excluding hydrogens is 521 g/mol. The van der Waals surface area contributed by atoms with Gasteiger partial charge in [-0.15, -0.1) is 5.10 Å². The summed E-state index contributed by atoms with van der Waals surface area (Å²) in [4.78, 5) is 0.885. The van der Waals surface area contributed by atoms with Gasteiger partial charge in [-0.2, -0.15) is 0 Å². The topological polar surface area (TPSA) is 85.5 Å². The van der Waals surface area contributed by atoms with E-state index in [9.17, 15) is 5.11 Å². The largest absolute Gasteiger partial charge is 0.493 e. The highest BCUT2D eigenvalue weighted by Gasteiger charge is 2.24. The van der Waals surface area contributed by atoms with Crippen LogP contribution in [-0.4, -0.2) is 39.5 Å². The van der Waals surface area contributed by atoms with Crippen LogP contribution in [0.1, 0.15) is 30.0 Å². The SMILES string of the molecule is CCn1nnnc1CN(Sc1ccc(OC)c(OC)c1)c1ccc(Cl)cc1C(O)c1ccccc1Cl. The van der Waals surface area contributed by atoms with E-state index in [1.807, 2.05) is 47.6 Å². The molecule has 188 valence electrons. The molecule has 1 unspecified atom stereocenters. The maximum absolute atomic E-state index is 11.4. The zero-order chi connectivity index (χ0) is 25.7. The predicted octanol–water partition coefficient (Wildman–Crippen LogP) is 5.81. The summed E-state index contributed by atoms with van der Waals surface area (Å²) in [6, 6.07) is 18.3. The molecule has 1 atom stereocenters. The van der Waals surface area contributed by atoms with Gasteiger partial charge in [-0.3, -0.25) is 0 Å². The Morgan fingerprint density at radius 3 is 2.50 bits per heavy atom. The molecule has 0 amide bonds. The summed E-state index contributed by atoms with van der Waals surface area (Å²) in [7, 11) is 3.19. The lowest BCUT2D eigenvalue weighted by Crippen LogP contribution is -2.20. The van der Waals surface area contributed by atoms with Gasteiger partial charge in [-0.25, -0.2) is 4.68 Å². The minimum absolute atomic E-state index is 0.351. The first-order valence-electron chi connectivity index (χ1n) is 11.1. The second-order valence-electron chi connectivity index (χ2n) is 7.68. The van der Waals surface area contributed by atoms with Gasteiger partial charge in [0.15, 0.2) is 17.3 Å². The molecule has 8 nitrogen and oxygen atoms in total. The van der Waals surface area contributed by atoms with E-state index < -0.39 is 6.10 Å². The number of aliphatic hydroxyl groups excluding tert-OH is 1. The first-order chi connectivity index (χ1) is 17.4. The van der Waals surface area contributed by atoms with E-state index in [1.165, 1.54) is 11.9 Å². The highest BCUT2D eigenvalue weighted by molar-refractivity contribution is 8.00. The zero-order valence-electron chi connectivity index (χ0n) is 19.9. The smallest absolute Gasteiger partial charge is 0.171 e. The number of benzene rings is 3. The Balaban J connectivity index is 1.80. The number of aromatic nitrogens is 4. The number of hydrogen-bond donors (Lipinski definition) is 1. The standard InChI is InChI=1S/C25H25Cl2N5O3S/c1-4-31-24(28-29-30-31)15-32(36-17-10-12-22(34-2)23(14-17)35-3)21-11-9-16(26)13-19(21)25(33)18-7-5-6-8-20(18)27/h5-14,25,33H,4,15H2,1-3H3. The number of rotatable bonds is 10. The van der Waals surface area contributed by atoms with Crippen molar-refractivity contribution in [3.05, 3.63) is 87.7 Å². The molecule has 0 spiro atoms. The summed E-state index contributed by atoms with van der Waals surface area (Å²) in [6.07, 6.45) is -1.01. The van der Waals surface area contributed by atoms with Crippen LogP contribution >= 0.6 is 35.1 Å². The van der Waals surface area contributed by atoms with Crippen molar-refractivity contribution in [2.75, 3.05) is 18.5 Å². The van der Waals surface area contributed by atoms with E-state index in [0.29, 0.717) is 51.6 Å². The van der Waals surface area contributed by atoms with Gasteiger partial charge < -0.3 is 18.9 Å². The number of halogens is 2. The van der Waals surface area contributed by atoms with Crippen LogP contribution in [0.5, 0.6) is 11.5 Å². The molecule has 0 bridgehead atoms. The summed E-state index contributed by atoms with van der Waals surface area (Å²) >= 11 is 14.2. The van der Waals surface area contributed by atoms with E-state index >= 15 is 0 Å². The Hall–Kier alpha value is -2.98. The second kappa shape index (κ2) is 11.8. The lowest BCUT2D eigenvalue weighted by molar-refractivity contribution is 0.221. The summed E-state index contributed by atoms with van der Waals surface area (Å²) in [5, 5.41) is 24.5. The first kappa shape index (κ1) is 26.1. The molecule has 1 N–H and O–H groups in total. The molecule has 0 saturated carbocycles. The number of hydrogen-bond acceptors (Lipinski definition) is 8. The fourth-order valence-corrected chi connectivity index (χ4v) is 5.12. The van der Waals surface area contributed by atoms with E-state index in [2.05, 4.69) is 15.5 Å². The normalized spacial score (nSPS) is 11.8. The zero-order valence-corrected chi connectivity index (χ0v) is 22.3. The molecule has 4 aromatic rings. The highest BCUT2D eigenvalue weighted by atomic mass is 35.5. The van der Waals surface area contributed by atoms with E-state index in [-0.39, 0.29) is 0 Å². The van der Waals surface area contributed by atoms with Crippen molar-refractivity contribution in [2.24, 2.45) is 0 Å². The van der Waals surface area contributed by atoms with Crippen LogP contribution in [0.4, 0.5) is 5.69 Å². The Labute approximate surface area is 223 Å². The number of tetrazole rings is 1. The maximum atomic E-state index is 11.4. The number of aliphatic hydroxyl groups is 1. The molecule has 0 aliphatic carbocycles. The minimum Gasteiger partial charge on any atom is -0.493 e. The molecule has 0 aliphatic heterocycles. The molecule has 0 aliphatic rings. The minimum atomic E-state index is -1.01. The fourth-order valence-electron chi connectivity index (χ4n) is 3.71. The van der Waals surface area contributed by atoms with Crippen molar-refractivity contribution >= 4 is 40.8 Å². The van der Waals surface area contributed by atoms with E-state index in [4.69, 9.17) is 32.7 Å². The van der Waals surface area contributed by atoms with Crippen molar-refractivity contribution < 1.29 is 14.6 Å². The Bertz CT molecular complexity index is 1340. The number of ether oxygens (including phenoxy) is 2. The molecule has 4 rings (SSSR count). The van der Waals surface area contributed by atoms with Crippen molar-refractivity contribution in [1.29, 1.82) is 0 Å². The summed E-state index contributed by atoms with van der Waals surface area (Å²) in [5.41, 5.74) is 1.91. The lowest BCUT2D eigenvalue weighted by Gasteiger charge is -2.27. The van der Waals surface area contributed by atoms with Gasteiger partial charge >= 0.3 is 0 Å². The fraction of sp³-hybridized carbons (Fsp3) is 0.240. The number of methoxy groups -OCH3 is 2. The summed E-state index contributed by atoms with van der Waals surface area (Å²) < 4.78 is 14.6. The van der Waals surface area contributed by atoms with Crippen molar-refractivity contribution in [3.63, 3.8) is 0 Å². The monoisotopic (exact) mass is 545 g/mol. The molecule has 0 fully saturated rings. The average Bonchev–Trinajstić information content (AvgIpc) is 3.35. The van der Waals surface area contributed by atoms with Crippen LogP contribution in [0.2, 0.25) is 10.0 Å². The van der Waals surface area contributed by atoms with Gasteiger partial charge in [0, 0.05) is 32.6 Å². The Kier molecular flexibility index (Phi) is 8.58. The van der Waals surface area contributed by atoms with Gasteiger partial charge in [-0.1, -0.05) is 41.4 Å². The molecule has 1 heterocycles. The second-order valence-corrected chi connectivity index (χ2v) is 9.62. The molecule has 3 aromatic carbocycles. The third-order valence-corrected chi connectivity index (χ3v) is 7.10. The van der Waals surface area contributed by atoms with Gasteiger partial charge in [0.25, 0.3) is 0 Å². The van der Waals surface area contributed by atoms with E-state index in [0.717, 1.165) is 10.6 Å². The van der Waals surface area contributed by atoms with Crippen LogP contribution in [0.25, 0.3) is 0 Å². The van der Waals surface area contributed by atoms with Gasteiger partial charge in [-0.05, 0) is 71.8 Å². The van der Waals surface area contributed by atoms with Crippen LogP contribution < -0.4 is 13.8 Å². The number of nitrogens with zero attached hydrogens (tertiary/aromatic N) is 5. The molecular formula is C25H25Cl2N5O3S. The third-order valence-electron chi connectivity index (χ3n) is 5.51. The molecule has 11 heteroatoms. The van der Waals surface area contributed by atoms with Crippen LogP contribution in [-0.2, 0) is 13.1 Å². The molecule has 36 heavy (non-hydrogen) atoms. The van der Waals surface area contributed by atoms with E-state index in [1.54, 1.807) is 43.2 Å². The van der Waals surface area contributed by atoms with Gasteiger partial charge in [0.05, 0.1) is 26.5 Å². The van der Waals surface area contributed by atoms with Crippen molar-refractivity contribution in [3.8, 4) is 11.5 Å². The number of anilines is 1. The summed E-state index contributed by atoms with van der Waals surface area (Å²) in [5.74, 6) is 1.90. The maximum Gasteiger partial charge on any atom is 0.171 e. The molecule has 1 aromatic heterocycles. The summed E-state index contributed by atoms with van der Waals surface area (Å²) in [6.45, 7) is 2.94. The Morgan fingerprint density at radius 1 is 1.00 bits per heavy atom. The van der Waals surface area contributed by atoms with Crippen LogP contribution in [0, 0.1) is 0 Å². The van der Waals surface area contributed by atoms with Gasteiger partial charge in [0.1, 0.15) is 6.10 Å². The van der Waals surface area contributed by atoms with Crippen LogP contribution in [0.3, 0.4) is 0 Å². The third kappa shape index (κ3) is 5.70. The predicted molar refractivity (Wildman–Crippen MR) is 142 cm³/mol. The lowest BCUT2D eigenvalue weighted by atomic mass is 9.99. The van der Waals surface area contributed by atoms with Crippen molar-refractivity contribution in [1.82, 2.24) is 20.2 Å². The Morgan fingerprint density at radius 2 is 1.78 bits per heavy atom. The first-order valence-corrected chi connectivity index (χ1v) is 12.6. The molecule has 0 radical (unpaired) electrons.